The summed E-state index contributed by atoms with van der Waals surface area (Å²) in [6.07, 6.45) is 1.66. The summed E-state index contributed by atoms with van der Waals surface area (Å²) >= 11 is 1.42. The van der Waals surface area contributed by atoms with Crippen LogP contribution in [0.4, 0.5) is 5.69 Å². The molecule has 0 spiro atoms. The van der Waals surface area contributed by atoms with Gasteiger partial charge in [-0.15, -0.1) is 11.8 Å². The highest BCUT2D eigenvalue weighted by Gasteiger charge is 2.19. The number of pyridine rings is 1. The third-order valence-electron chi connectivity index (χ3n) is 2.97. The minimum atomic E-state index is -3.78. The molecule has 0 unspecified atom stereocenters. The number of nitro groups is 1. The van der Waals surface area contributed by atoms with Crippen molar-refractivity contribution in [3.05, 3.63) is 58.3 Å². The molecular weight excluding hydrogens is 338 g/mol. The molecule has 1 heterocycles. The van der Waals surface area contributed by atoms with E-state index >= 15 is 0 Å². The second-order valence-corrected chi connectivity index (χ2v) is 7.50. The van der Waals surface area contributed by atoms with Gasteiger partial charge in [-0.3, -0.25) is 10.1 Å². The highest BCUT2D eigenvalue weighted by Crippen LogP contribution is 2.22. The molecule has 0 bridgehead atoms. The van der Waals surface area contributed by atoms with Gasteiger partial charge in [0.1, 0.15) is 0 Å². The summed E-state index contributed by atoms with van der Waals surface area (Å²) in [5.74, 6) is 0.504. The molecule has 0 fully saturated rings. The SMILES string of the molecule is Cc1ccc(S(=O)(=O)NCCSc2ccccn2)cc1[N+](=O)[O-]. The molecule has 23 heavy (non-hydrogen) atoms. The predicted molar refractivity (Wildman–Crippen MR) is 88.0 cm³/mol. The lowest BCUT2D eigenvalue weighted by atomic mass is 10.2. The zero-order valence-electron chi connectivity index (χ0n) is 12.3. The van der Waals surface area contributed by atoms with Crippen LogP contribution < -0.4 is 4.72 Å². The van der Waals surface area contributed by atoms with Crippen LogP contribution in [-0.4, -0.2) is 30.6 Å². The molecule has 2 aromatic rings. The number of rotatable bonds is 7. The van der Waals surface area contributed by atoms with E-state index in [0.717, 1.165) is 11.1 Å². The van der Waals surface area contributed by atoms with Gasteiger partial charge in [0.15, 0.2) is 0 Å². The largest absolute Gasteiger partial charge is 0.273 e. The zero-order valence-corrected chi connectivity index (χ0v) is 13.9. The molecule has 1 aromatic carbocycles. The first-order chi connectivity index (χ1) is 10.9. The van der Waals surface area contributed by atoms with Crippen LogP contribution in [0.15, 0.2) is 52.5 Å². The van der Waals surface area contributed by atoms with Crippen molar-refractivity contribution in [3.63, 3.8) is 0 Å². The third kappa shape index (κ3) is 4.75. The fourth-order valence-electron chi connectivity index (χ4n) is 1.80. The Kier molecular flexibility index (Phi) is 5.69. The first-order valence-corrected chi connectivity index (χ1v) is 9.15. The number of hydrogen-bond donors (Lipinski definition) is 1. The monoisotopic (exact) mass is 353 g/mol. The Balaban J connectivity index is 1.99. The van der Waals surface area contributed by atoms with E-state index in [2.05, 4.69) is 9.71 Å². The number of nitro benzene ring substituents is 1. The number of hydrogen-bond acceptors (Lipinski definition) is 6. The average molecular weight is 353 g/mol. The van der Waals surface area contributed by atoms with E-state index in [1.165, 1.54) is 23.9 Å². The van der Waals surface area contributed by atoms with Gasteiger partial charge in [0.05, 0.1) is 14.8 Å². The van der Waals surface area contributed by atoms with E-state index in [0.29, 0.717) is 11.3 Å². The standard InChI is InChI=1S/C14H15N3O4S2/c1-11-5-6-12(10-13(11)17(18)19)23(20,21)16-8-9-22-14-4-2-3-7-15-14/h2-7,10,16H,8-9H2,1H3. The van der Waals surface area contributed by atoms with Crippen molar-refractivity contribution >= 4 is 27.5 Å². The molecule has 2 rings (SSSR count). The molecule has 1 N–H and O–H groups in total. The normalized spacial score (nSPS) is 11.3. The Morgan fingerprint density at radius 3 is 2.74 bits per heavy atom. The van der Waals surface area contributed by atoms with Crippen molar-refractivity contribution in [2.75, 3.05) is 12.3 Å². The van der Waals surface area contributed by atoms with Crippen LogP contribution >= 0.6 is 11.8 Å². The van der Waals surface area contributed by atoms with Crippen LogP contribution in [0.3, 0.4) is 0 Å². The van der Waals surface area contributed by atoms with Crippen molar-refractivity contribution in [1.82, 2.24) is 9.71 Å². The second kappa shape index (κ2) is 7.53. The fourth-order valence-corrected chi connectivity index (χ4v) is 3.70. The lowest BCUT2D eigenvalue weighted by molar-refractivity contribution is -0.385. The van der Waals surface area contributed by atoms with Gasteiger partial charge in [0.25, 0.3) is 5.69 Å². The van der Waals surface area contributed by atoms with Gasteiger partial charge in [-0.2, -0.15) is 0 Å². The summed E-state index contributed by atoms with van der Waals surface area (Å²) in [6, 6.07) is 9.35. The number of nitrogens with one attached hydrogen (secondary N) is 1. The van der Waals surface area contributed by atoms with E-state index in [1.54, 1.807) is 19.2 Å². The number of sulfonamides is 1. The zero-order chi connectivity index (χ0) is 16.9. The number of aromatic nitrogens is 1. The Morgan fingerprint density at radius 1 is 1.30 bits per heavy atom. The molecule has 0 saturated carbocycles. The summed E-state index contributed by atoms with van der Waals surface area (Å²) in [4.78, 5) is 14.3. The molecule has 0 amide bonds. The second-order valence-electron chi connectivity index (χ2n) is 4.62. The molecule has 7 nitrogen and oxygen atoms in total. The number of nitrogens with zero attached hydrogens (tertiary/aromatic N) is 2. The quantitative estimate of drug-likeness (QED) is 0.355. The molecule has 0 radical (unpaired) electrons. The average Bonchev–Trinajstić information content (AvgIpc) is 2.52. The van der Waals surface area contributed by atoms with Crippen LogP contribution in [0.5, 0.6) is 0 Å². The number of aryl methyl sites for hydroxylation is 1. The van der Waals surface area contributed by atoms with Crippen LogP contribution in [-0.2, 0) is 10.0 Å². The number of thioether (sulfide) groups is 1. The fraction of sp³-hybridized carbons (Fsp3) is 0.214. The van der Waals surface area contributed by atoms with E-state index in [1.807, 2.05) is 12.1 Å². The van der Waals surface area contributed by atoms with E-state index < -0.39 is 14.9 Å². The van der Waals surface area contributed by atoms with Gasteiger partial charge in [0, 0.05) is 30.1 Å². The maximum Gasteiger partial charge on any atom is 0.273 e. The lowest BCUT2D eigenvalue weighted by Crippen LogP contribution is -2.26. The van der Waals surface area contributed by atoms with Crippen LogP contribution in [0.25, 0.3) is 0 Å². The summed E-state index contributed by atoms with van der Waals surface area (Å²) < 4.78 is 26.8. The molecule has 1 aromatic heterocycles. The predicted octanol–water partition coefficient (Wildman–Crippen LogP) is 2.37. The molecule has 0 aliphatic rings. The molecule has 9 heteroatoms. The molecule has 0 atom stereocenters. The number of benzene rings is 1. The van der Waals surface area contributed by atoms with Gasteiger partial charge in [-0.1, -0.05) is 12.1 Å². The molecule has 122 valence electrons. The Bertz CT molecular complexity index is 795. The maximum atomic E-state index is 12.2. The summed E-state index contributed by atoms with van der Waals surface area (Å²) in [5.41, 5.74) is 0.204. The third-order valence-corrected chi connectivity index (χ3v) is 5.37. The topological polar surface area (TPSA) is 102 Å². The highest BCUT2D eigenvalue weighted by molar-refractivity contribution is 7.99. The van der Waals surface area contributed by atoms with E-state index in [9.17, 15) is 18.5 Å². The Labute approximate surface area is 138 Å². The lowest BCUT2D eigenvalue weighted by Gasteiger charge is -2.07. The Hall–Kier alpha value is -1.97. The smallest absolute Gasteiger partial charge is 0.258 e. The first-order valence-electron chi connectivity index (χ1n) is 6.69. The highest BCUT2D eigenvalue weighted by atomic mass is 32.2. The van der Waals surface area contributed by atoms with Crippen molar-refractivity contribution in [2.24, 2.45) is 0 Å². The summed E-state index contributed by atoms with van der Waals surface area (Å²) in [6.45, 7) is 1.76. The molecule has 0 aliphatic carbocycles. The van der Waals surface area contributed by atoms with Crippen molar-refractivity contribution in [2.45, 2.75) is 16.8 Å². The van der Waals surface area contributed by atoms with Crippen LogP contribution in [0.1, 0.15) is 5.56 Å². The van der Waals surface area contributed by atoms with E-state index in [4.69, 9.17) is 0 Å². The first kappa shape index (κ1) is 17.4. The molecule has 0 saturated heterocycles. The van der Waals surface area contributed by atoms with E-state index in [-0.39, 0.29) is 17.1 Å². The Morgan fingerprint density at radius 2 is 2.09 bits per heavy atom. The maximum absolute atomic E-state index is 12.2. The van der Waals surface area contributed by atoms with Crippen molar-refractivity contribution in [3.8, 4) is 0 Å². The van der Waals surface area contributed by atoms with Gasteiger partial charge in [-0.25, -0.2) is 18.1 Å². The molecular formula is C14H15N3O4S2. The minimum Gasteiger partial charge on any atom is -0.258 e. The summed E-state index contributed by atoms with van der Waals surface area (Å²) in [5, 5.41) is 11.7. The summed E-state index contributed by atoms with van der Waals surface area (Å²) in [7, 11) is -3.78. The minimum absolute atomic E-state index is 0.113. The van der Waals surface area contributed by atoms with Gasteiger partial charge in [-0.05, 0) is 25.1 Å². The van der Waals surface area contributed by atoms with Crippen LogP contribution in [0, 0.1) is 17.0 Å². The molecule has 0 aliphatic heterocycles. The van der Waals surface area contributed by atoms with Gasteiger partial charge < -0.3 is 0 Å². The van der Waals surface area contributed by atoms with Crippen LogP contribution in [0.2, 0.25) is 0 Å². The van der Waals surface area contributed by atoms with Crippen molar-refractivity contribution < 1.29 is 13.3 Å². The van der Waals surface area contributed by atoms with Gasteiger partial charge >= 0.3 is 0 Å². The van der Waals surface area contributed by atoms with Gasteiger partial charge in [0.2, 0.25) is 10.0 Å². The van der Waals surface area contributed by atoms with Crippen molar-refractivity contribution in [1.29, 1.82) is 0 Å².